The van der Waals surface area contributed by atoms with E-state index in [0.29, 0.717) is 0 Å². The Morgan fingerprint density at radius 1 is 0.952 bits per heavy atom. The maximum atomic E-state index is 5.33. The molecule has 0 aliphatic heterocycles. The van der Waals surface area contributed by atoms with Crippen molar-refractivity contribution in [2.45, 2.75) is 11.8 Å². The molecule has 0 spiro atoms. The Morgan fingerprint density at radius 2 is 1.57 bits per heavy atom. The van der Waals surface area contributed by atoms with Gasteiger partial charge in [0.15, 0.2) is 0 Å². The highest BCUT2D eigenvalue weighted by Crippen LogP contribution is 2.31. The van der Waals surface area contributed by atoms with Gasteiger partial charge in [-0.1, -0.05) is 18.2 Å². The maximum Gasteiger partial charge on any atom is 0.119 e. The van der Waals surface area contributed by atoms with Crippen LogP contribution in [0, 0.1) is 0 Å². The molecule has 0 aliphatic carbocycles. The Kier molecular flexibility index (Phi) is 5.34. The van der Waals surface area contributed by atoms with E-state index >= 15 is 0 Å². The van der Waals surface area contributed by atoms with Gasteiger partial charge in [-0.3, -0.25) is 0 Å². The minimum absolute atomic E-state index is 0.871. The summed E-state index contributed by atoms with van der Waals surface area (Å²) in [4.78, 5) is 1.25. The predicted molar refractivity (Wildman–Crippen MR) is 91.3 cm³/mol. The first-order chi connectivity index (χ1) is 10.2. The fraction of sp³-hybridized carbons (Fsp3) is 0.222. The Morgan fingerprint density at radius 3 is 2.14 bits per heavy atom. The van der Waals surface area contributed by atoms with E-state index in [9.17, 15) is 0 Å². The molecule has 2 aromatic rings. The summed E-state index contributed by atoms with van der Waals surface area (Å²) in [5.74, 6) is 1.75. The number of benzene rings is 2. The molecule has 0 aliphatic rings. The largest absolute Gasteiger partial charge is 0.497 e. The van der Waals surface area contributed by atoms with Crippen molar-refractivity contribution in [2.24, 2.45) is 0 Å². The molecule has 0 saturated carbocycles. The summed E-state index contributed by atoms with van der Waals surface area (Å²) in [6.07, 6.45) is 4.26. The van der Waals surface area contributed by atoms with E-state index in [0.717, 1.165) is 17.1 Å². The molecule has 110 valence electrons. The van der Waals surface area contributed by atoms with Crippen molar-refractivity contribution in [3.8, 4) is 11.5 Å². The normalized spacial score (nSPS) is 11.3. The zero-order valence-electron chi connectivity index (χ0n) is 12.8. The summed E-state index contributed by atoms with van der Waals surface area (Å²) in [6, 6.07) is 14.2. The Bertz CT molecular complexity index is 630. The van der Waals surface area contributed by atoms with Crippen molar-refractivity contribution in [2.75, 3.05) is 20.5 Å². The van der Waals surface area contributed by atoms with Crippen LogP contribution in [0.1, 0.15) is 18.1 Å². The van der Waals surface area contributed by atoms with Crippen LogP contribution in [0.5, 0.6) is 11.5 Å². The van der Waals surface area contributed by atoms with Crippen LogP contribution in [0.4, 0.5) is 0 Å². The molecule has 0 saturated heterocycles. The molecule has 3 heteroatoms. The number of ether oxygens (including phenoxy) is 2. The highest BCUT2D eigenvalue weighted by Gasteiger charge is 2.06. The van der Waals surface area contributed by atoms with Crippen LogP contribution in [0.2, 0.25) is 0 Å². The van der Waals surface area contributed by atoms with Gasteiger partial charge in [0.25, 0.3) is 0 Å². The Labute approximate surface area is 130 Å². The number of rotatable bonds is 5. The summed E-state index contributed by atoms with van der Waals surface area (Å²) in [5, 5.41) is 0. The zero-order chi connectivity index (χ0) is 15.2. The van der Waals surface area contributed by atoms with Gasteiger partial charge >= 0.3 is 0 Å². The standard InChI is InChI=1S/C18H20O2S/c1-13(11-14-5-7-15(19-2)8-6-14)17-12-16(20-3)9-10-18(17)21-4/h5-12H,1-4H3/b13-11+. The van der Waals surface area contributed by atoms with Gasteiger partial charge in [-0.25, -0.2) is 0 Å². The zero-order valence-corrected chi connectivity index (χ0v) is 13.7. The van der Waals surface area contributed by atoms with E-state index in [1.807, 2.05) is 18.2 Å². The molecule has 0 aromatic heterocycles. The Hall–Kier alpha value is -1.87. The third-order valence-electron chi connectivity index (χ3n) is 3.33. The van der Waals surface area contributed by atoms with Crippen LogP contribution in [0.15, 0.2) is 47.4 Å². The lowest BCUT2D eigenvalue weighted by atomic mass is 10.0. The molecule has 0 atom stereocenters. The molecule has 21 heavy (non-hydrogen) atoms. The quantitative estimate of drug-likeness (QED) is 0.573. The molecule has 2 aromatic carbocycles. The van der Waals surface area contributed by atoms with Gasteiger partial charge in [-0.05, 0) is 60.2 Å². The summed E-state index contributed by atoms with van der Waals surface area (Å²) >= 11 is 1.74. The minimum Gasteiger partial charge on any atom is -0.497 e. The second-order valence-corrected chi connectivity index (χ2v) is 5.51. The van der Waals surface area contributed by atoms with E-state index in [1.165, 1.54) is 16.0 Å². The van der Waals surface area contributed by atoms with Crippen LogP contribution in [0.25, 0.3) is 11.6 Å². The predicted octanol–water partition coefficient (Wildman–Crippen LogP) is 4.99. The van der Waals surface area contributed by atoms with E-state index in [-0.39, 0.29) is 0 Å². The van der Waals surface area contributed by atoms with Gasteiger partial charge < -0.3 is 9.47 Å². The number of thioether (sulfide) groups is 1. The molecule has 0 amide bonds. The van der Waals surface area contributed by atoms with Gasteiger partial charge in [0.1, 0.15) is 11.5 Å². The smallest absolute Gasteiger partial charge is 0.119 e. The van der Waals surface area contributed by atoms with Crippen molar-refractivity contribution < 1.29 is 9.47 Å². The lowest BCUT2D eigenvalue weighted by molar-refractivity contribution is 0.414. The summed E-state index contributed by atoms with van der Waals surface area (Å²) < 4.78 is 10.5. The third kappa shape index (κ3) is 3.82. The highest BCUT2D eigenvalue weighted by molar-refractivity contribution is 7.98. The number of hydrogen-bond donors (Lipinski definition) is 0. The van der Waals surface area contributed by atoms with Gasteiger partial charge in [-0.15, -0.1) is 11.8 Å². The number of hydrogen-bond acceptors (Lipinski definition) is 3. The van der Waals surface area contributed by atoms with E-state index in [1.54, 1.807) is 26.0 Å². The second kappa shape index (κ2) is 7.23. The van der Waals surface area contributed by atoms with E-state index in [2.05, 4.69) is 43.5 Å². The molecule has 0 radical (unpaired) electrons. The fourth-order valence-electron chi connectivity index (χ4n) is 2.15. The minimum atomic E-state index is 0.871. The molecule has 2 nitrogen and oxygen atoms in total. The van der Waals surface area contributed by atoms with Crippen LogP contribution >= 0.6 is 11.8 Å². The monoisotopic (exact) mass is 300 g/mol. The maximum absolute atomic E-state index is 5.33. The lowest BCUT2D eigenvalue weighted by Gasteiger charge is -2.10. The van der Waals surface area contributed by atoms with Crippen molar-refractivity contribution in [1.29, 1.82) is 0 Å². The SMILES string of the molecule is COc1ccc(/C=C(\C)c2cc(OC)ccc2SC)cc1. The Balaban J connectivity index is 2.37. The lowest BCUT2D eigenvalue weighted by Crippen LogP contribution is -1.89. The summed E-state index contributed by atoms with van der Waals surface area (Å²) in [5.41, 5.74) is 3.57. The molecular weight excluding hydrogens is 280 g/mol. The van der Waals surface area contributed by atoms with Crippen LogP contribution < -0.4 is 9.47 Å². The topological polar surface area (TPSA) is 18.5 Å². The molecule has 0 heterocycles. The summed E-state index contributed by atoms with van der Waals surface area (Å²) in [6.45, 7) is 2.12. The average molecular weight is 300 g/mol. The molecule has 2 rings (SSSR count). The van der Waals surface area contributed by atoms with Crippen LogP contribution in [-0.4, -0.2) is 20.5 Å². The molecular formula is C18H20O2S. The second-order valence-electron chi connectivity index (χ2n) is 4.67. The highest BCUT2D eigenvalue weighted by atomic mass is 32.2. The van der Waals surface area contributed by atoms with Crippen molar-refractivity contribution in [3.63, 3.8) is 0 Å². The molecule has 0 unspecified atom stereocenters. The van der Waals surface area contributed by atoms with E-state index < -0.39 is 0 Å². The molecule has 0 bridgehead atoms. The molecule has 0 fully saturated rings. The molecule has 0 N–H and O–H groups in total. The van der Waals surface area contributed by atoms with Crippen molar-refractivity contribution in [3.05, 3.63) is 53.6 Å². The third-order valence-corrected chi connectivity index (χ3v) is 4.13. The van der Waals surface area contributed by atoms with E-state index in [4.69, 9.17) is 9.47 Å². The number of methoxy groups -OCH3 is 2. The van der Waals surface area contributed by atoms with Crippen LogP contribution in [-0.2, 0) is 0 Å². The first-order valence-electron chi connectivity index (χ1n) is 6.72. The first kappa shape index (κ1) is 15.5. The number of allylic oxidation sites excluding steroid dienone is 1. The first-order valence-corrected chi connectivity index (χ1v) is 7.95. The van der Waals surface area contributed by atoms with Gasteiger partial charge in [0, 0.05) is 4.90 Å². The van der Waals surface area contributed by atoms with Gasteiger partial charge in [-0.2, -0.15) is 0 Å². The van der Waals surface area contributed by atoms with Gasteiger partial charge in [0.2, 0.25) is 0 Å². The summed E-state index contributed by atoms with van der Waals surface area (Å²) in [7, 11) is 3.37. The van der Waals surface area contributed by atoms with Crippen molar-refractivity contribution in [1.82, 2.24) is 0 Å². The van der Waals surface area contributed by atoms with Crippen molar-refractivity contribution >= 4 is 23.4 Å². The fourth-order valence-corrected chi connectivity index (χ4v) is 2.79. The average Bonchev–Trinajstić information content (AvgIpc) is 2.54. The van der Waals surface area contributed by atoms with Crippen LogP contribution in [0.3, 0.4) is 0 Å². The van der Waals surface area contributed by atoms with Gasteiger partial charge in [0.05, 0.1) is 14.2 Å².